The zero-order valence-electron chi connectivity index (χ0n) is 24.0. The number of ether oxygens (including phenoxy) is 1. The number of nitrogens with zero attached hydrogens (tertiary/aromatic N) is 2. The molecular weight excluding hydrogens is 540 g/mol. The Labute approximate surface area is 245 Å². The number of pyridine rings is 2. The molecule has 0 amide bonds. The summed E-state index contributed by atoms with van der Waals surface area (Å²) >= 11 is 6.08. The van der Waals surface area contributed by atoms with Gasteiger partial charge in [0.05, 0.1) is 22.8 Å². The monoisotopic (exact) mass is 574 g/mol. The van der Waals surface area contributed by atoms with Crippen molar-refractivity contribution in [2.24, 2.45) is 11.3 Å². The zero-order valence-corrected chi connectivity index (χ0v) is 24.8. The first kappa shape index (κ1) is 30.0. The lowest BCUT2D eigenvalue weighted by molar-refractivity contribution is -0.141. The molecule has 0 fully saturated rings. The molecule has 3 aromatic heterocycles. The minimum absolute atomic E-state index is 0.0417. The van der Waals surface area contributed by atoms with Crippen LogP contribution in [0, 0.1) is 18.3 Å². The number of fused-ring (bicyclic) bond motifs is 1. The average molecular weight is 575 g/mol. The Morgan fingerprint density at radius 1 is 1.07 bits per heavy atom. The van der Waals surface area contributed by atoms with Crippen molar-refractivity contribution in [2.45, 2.75) is 60.5 Å². The molecule has 0 radical (unpaired) electrons. The molecular formula is C33H35ClN2O5. The highest BCUT2D eigenvalue weighted by molar-refractivity contribution is 6.30. The zero-order chi connectivity index (χ0) is 29.9. The highest BCUT2D eigenvalue weighted by Crippen LogP contribution is 2.36. The first-order chi connectivity index (χ1) is 19.4. The summed E-state index contributed by atoms with van der Waals surface area (Å²) in [5.74, 6) is -1.72. The molecule has 3 heterocycles. The van der Waals surface area contributed by atoms with Gasteiger partial charge in [-0.2, -0.15) is 0 Å². The van der Waals surface area contributed by atoms with Gasteiger partial charge in [0, 0.05) is 39.5 Å². The number of halogens is 1. The number of carbonyl (C=O) groups excluding carboxylic acids is 2. The predicted molar refractivity (Wildman–Crippen MR) is 159 cm³/mol. The highest BCUT2D eigenvalue weighted by atomic mass is 35.5. The van der Waals surface area contributed by atoms with E-state index < -0.39 is 17.3 Å². The maximum atomic E-state index is 14.1. The van der Waals surface area contributed by atoms with Crippen molar-refractivity contribution in [2.75, 3.05) is 0 Å². The maximum Gasteiger partial charge on any atom is 0.306 e. The number of hydrogen-bond donors (Lipinski definition) is 1. The normalized spacial score (nSPS) is 12.3. The molecule has 0 unspecified atom stereocenters. The van der Waals surface area contributed by atoms with Crippen molar-refractivity contribution in [3.8, 4) is 5.75 Å². The second-order valence-electron chi connectivity index (χ2n) is 11.3. The van der Waals surface area contributed by atoms with Gasteiger partial charge in [0.15, 0.2) is 5.78 Å². The SMILES string of the molecule is CCC[C@H](Cc1c(C(=O)C(C)(C)C)c2cc(OCc3cccc(C)n3)ccn2c1C(=O)c1ccc(Cl)cc1)C(=O)O. The fraction of sp³-hybridized carbons (Fsp3) is 0.333. The number of hydrogen-bond acceptors (Lipinski definition) is 5. The van der Waals surface area contributed by atoms with Crippen LogP contribution in [0.5, 0.6) is 5.75 Å². The second-order valence-corrected chi connectivity index (χ2v) is 11.8. The summed E-state index contributed by atoms with van der Waals surface area (Å²) in [5.41, 5.74) is 2.77. The quantitative estimate of drug-likeness (QED) is 0.188. The number of aliphatic carboxylic acids is 1. The molecule has 1 atom stereocenters. The third-order valence-corrected chi connectivity index (χ3v) is 7.26. The van der Waals surface area contributed by atoms with Crippen molar-refractivity contribution >= 4 is 34.7 Å². The average Bonchev–Trinajstić information content (AvgIpc) is 3.23. The maximum absolute atomic E-state index is 14.1. The van der Waals surface area contributed by atoms with E-state index in [1.807, 2.05) is 52.8 Å². The molecule has 0 bridgehead atoms. The van der Waals surface area contributed by atoms with E-state index in [4.69, 9.17) is 16.3 Å². The molecule has 4 aromatic rings. The molecule has 0 aliphatic carbocycles. The third kappa shape index (κ3) is 6.68. The first-order valence-corrected chi connectivity index (χ1v) is 14.1. The Morgan fingerprint density at radius 2 is 1.78 bits per heavy atom. The number of benzene rings is 1. The predicted octanol–water partition coefficient (Wildman–Crippen LogP) is 7.38. The summed E-state index contributed by atoms with van der Waals surface area (Å²) in [4.78, 5) is 44.8. The van der Waals surface area contributed by atoms with Crippen molar-refractivity contribution in [1.29, 1.82) is 0 Å². The van der Waals surface area contributed by atoms with Gasteiger partial charge in [-0.05, 0) is 67.8 Å². The van der Waals surface area contributed by atoms with E-state index in [2.05, 4.69) is 4.98 Å². The molecule has 41 heavy (non-hydrogen) atoms. The van der Waals surface area contributed by atoms with Crippen LogP contribution in [-0.2, 0) is 17.8 Å². The number of carboxylic acids is 1. The summed E-state index contributed by atoms with van der Waals surface area (Å²) in [7, 11) is 0. The lowest BCUT2D eigenvalue weighted by atomic mass is 9.82. The molecule has 8 heteroatoms. The summed E-state index contributed by atoms with van der Waals surface area (Å²) in [6.07, 6.45) is 2.81. The Kier molecular flexibility index (Phi) is 8.98. The summed E-state index contributed by atoms with van der Waals surface area (Å²) in [6, 6.07) is 15.7. The Morgan fingerprint density at radius 3 is 2.39 bits per heavy atom. The van der Waals surface area contributed by atoms with Crippen LogP contribution in [0.1, 0.15) is 83.9 Å². The number of aromatic nitrogens is 2. The molecule has 1 aromatic carbocycles. The number of rotatable bonds is 11. The molecule has 4 rings (SSSR count). The minimum atomic E-state index is -0.962. The lowest BCUT2D eigenvalue weighted by Crippen LogP contribution is -2.24. The van der Waals surface area contributed by atoms with Crippen LogP contribution in [0.3, 0.4) is 0 Å². The number of carboxylic acid groups (broad SMARTS) is 1. The van der Waals surface area contributed by atoms with Gasteiger partial charge in [-0.1, -0.05) is 51.8 Å². The van der Waals surface area contributed by atoms with Gasteiger partial charge < -0.3 is 14.2 Å². The molecule has 7 nitrogen and oxygen atoms in total. The minimum Gasteiger partial charge on any atom is -0.487 e. The van der Waals surface area contributed by atoms with Crippen LogP contribution in [0.25, 0.3) is 5.52 Å². The van der Waals surface area contributed by atoms with Gasteiger partial charge in [0.25, 0.3) is 0 Å². The van der Waals surface area contributed by atoms with E-state index >= 15 is 0 Å². The molecule has 0 saturated heterocycles. The Balaban J connectivity index is 1.94. The Bertz CT molecular complexity index is 1600. The van der Waals surface area contributed by atoms with Gasteiger partial charge in [-0.25, -0.2) is 0 Å². The van der Waals surface area contributed by atoms with Crippen LogP contribution in [0.4, 0.5) is 0 Å². The number of aryl methyl sites for hydroxylation is 1. The highest BCUT2D eigenvalue weighted by Gasteiger charge is 2.35. The van der Waals surface area contributed by atoms with Crippen LogP contribution in [0.2, 0.25) is 5.02 Å². The number of carbonyl (C=O) groups is 3. The molecule has 0 aliphatic rings. The van der Waals surface area contributed by atoms with Gasteiger partial charge >= 0.3 is 5.97 Å². The van der Waals surface area contributed by atoms with Gasteiger partial charge in [0.1, 0.15) is 12.4 Å². The van der Waals surface area contributed by atoms with Crippen molar-refractivity contribution < 1.29 is 24.2 Å². The fourth-order valence-electron chi connectivity index (χ4n) is 4.93. The number of Topliss-reactive ketones (excluding diaryl/α,β-unsaturated/α-hetero) is 1. The van der Waals surface area contributed by atoms with Gasteiger partial charge in [-0.15, -0.1) is 0 Å². The van der Waals surface area contributed by atoms with Crippen molar-refractivity contribution in [3.63, 3.8) is 0 Å². The van der Waals surface area contributed by atoms with Crippen LogP contribution in [0.15, 0.2) is 60.8 Å². The number of ketones is 2. The third-order valence-electron chi connectivity index (χ3n) is 7.01. The van der Waals surface area contributed by atoms with E-state index in [1.54, 1.807) is 47.0 Å². The van der Waals surface area contributed by atoms with E-state index in [1.165, 1.54) is 0 Å². The van der Waals surface area contributed by atoms with E-state index in [-0.39, 0.29) is 30.3 Å². The van der Waals surface area contributed by atoms with Gasteiger partial charge in [0.2, 0.25) is 5.78 Å². The largest absolute Gasteiger partial charge is 0.487 e. The standard InChI is InChI=1S/C33H35ClN2O5/c1-6-8-22(32(39)40)17-26-28(31(38)33(3,4)5)27-18-25(41-19-24-10-7-9-20(2)35-24)15-16-36(27)29(26)30(37)21-11-13-23(34)14-12-21/h7,9-16,18,22H,6,8,17,19H2,1-5H3,(H,39,40)/t22-/m1/s1. The molecule has 1 N–H and O–H groups in total. The van der Waals surface area contributed by atoms with E-state index in [9.17, 15) is 19.5 Å². The van der Waals surface area contributed by atoms with E-state index in [0.717, 1.165) is 11.4 Å². The van der Waals surface area contributed by atoms with Gasteiger partial charge in [-0.3, -0.25) is 19.4 Å². The van der Waals surface area contributed by atoms with Crippen LogP contribution < -0.4 is 4.74 Å². The van der Waals surface area contributed by atoms with Crippen molar-refractivity contribution in [3.05, 3.63) is 99.6 Å². The summed E-state index contributed by atoms with van der Waals surface area (Å²) in [6.45, 7) is 9.49. The molecule has 0 spiro atoms. The first-order valence-electron chi connectivity index (χ1n) is 13.7. The van der Waals surface area contributed by atoms with Crippen molar-refractivity contribution in [1.82, 2.24) is 9.38 Å². The smallest absolute Gasteiger partial charge is 0.306 e. The topological polar surface area (TPSA) is 98.0 Å². The lowest BCUT2D eigenvalue weighted by Gasteiger charge is -2.19. The fourth-order valence-corrected chi connectivity index (χ4v) is 5.06. The van der Waals surface area contributed by atoms with E-state index in [0.29, 0.717) is 45.8 Å². The summed E-state index contributed by atoms with van der Waals surface area (Å²) < 4.78 is 7.75. The molecule has 0 aliphatic heterocycles. The van der Waals surface area contributed by atoms with Crippen LogP contribution in [-0.4, -0.2) is 32.0 Å². The second kappa shape index (κ2) is 12.3. The molecule has 214 valence electrons. The summed E-state index contributed by atoms with van der Waals surface area (Å²) in [5, 5.41) is 10.5. The van der Waals surface area contributed by atoms with Crippen LogP contribution >= 0.6 is 11.6 Å². The molecule has 0 saturated carbocycles. The Hall–Kier alpha value is -3.97.